The highest BCUT2D eigenvalue weighted by Gasteiger charge is 2.38. The molecule has 108 valence electrons. The van der Waals surface area contributed by atoms with E-state index in [0.717, 1.165) is 24.8 Å². The third-order valence-electron chi connectivity index (χ3n) is 5.55. The van der Waals surface area contributed by atoms with Gasteiger partial charge in [-0.3, -0.25) is 0 Å². The first-order chi connectivity index (χ1) is 9.10. The monoisotopic (exact) mass is 263 g/mol. The zero-order valence-electron chi connectivity index (χ0n) is 12.8. The minimum Gasteiger partial charge on any atom is -0.302 e. The molecule has 0 aromatic heterocycles. The van der Waals surface area contributed by atoms with Gasteiger partial charge in [-0.15, -0.1) is 0 Å². The van der Waals surface area contributed by atoms with E-state index in [1.54, 1.807) is 0 Å². The third kappa shape index (κ3) is 3.30. The predicted octanol–water partition coefficient (Wildman–Crippen LogP) is 2.92. The molecular formula is C16H29N3. The third-order valence-corrected chi connectivity index (χ3v) is 5.55. The fourth-order valence-electron chi connectivity index (χ4n) is 3.93. The van der Waals surface area contributed by atoms with Crippen molar-refractivity contribution in [3.8, 4) is 6.07 Å². The van der Waals surface area contributed by atoms with Crippen molar-refractivity contribution in [3.05, 3.63) is 0 Å². The Morgan fingerprint density at radius 1 is 1.16 bits per heavy atom. The van der Waals surface area contributed by atoms with Gasteiger partial charge in [0.1, 0.15) is 5.54 Å². The van der Waals surface area contributed by atoms with Crippen molar-refractivity contribution in [2.45, 2.75) is 75.9 Å². The molecule has 2 atom stereocenters. The summed E-state index contributed by atoms with van der Waals surface area (Å²) in [6.07, 6.45) is 9.85. The Labute approximate surface area is 118 Å². The summed E-state index contributed by atoms with van der Waals surface area (Å²) in [5, 5.41) is 12.7. The SMILES string of the molecule is CNC1(C#N)CCCC(N(C)C2CCC(C)CC2)C1. The highest BCUT2D eigenvalue weighted by Crippen LogP contribution is 2.34. The van der Waals surface area contributed by atoms with E-state index in [9.17, 15) is 5.26 Å². The molecule has 2 saturated carbocycles. The second kappa shape index (κ2) is 6.24. The molecular weight excluding hydrogens is 234 g/mol. The molecule has 1 N–H and O–H groups in total. The molecule has 3 nitrogen and oxygen atoms in total. The van der Waals surface area contributed by atoms with Crippen molar-refractivity contribution < 1.29 is 0 Å². The average Bonchev–Trinajstić information content (AvgIpc) is 2.47. The Morgan fingerprint density at radius 2 is 1.84 bits per heavy atom. The molecule has 0 aliphatic heterocycles. The van der Waals surface area contributed by atoms with Crippen molar-refractivity contribution >= 4 is 0 Å². The van der Waals surface area contributed by atoms with E-state index in [1.165, 1.54) is 38.5 Å². The summed E-state index contributed by atoms with van der Waals surface area (Å²) in [6, 6.07) is 3.85. The smallest absolute Gasteiger partial charge is 0.108 e. The number of nitriles is 1. The summed E-state index contributed by atoms with van der Waals surface area (Å²) >= 11 is 0. The Kier molecular flexibility index (Phi) is 4.86. The van der Waals surface area contributed by atoms with E-state index in [4.69, 9.17) is 0 Å². The molecule has 2 rings (SSSR count). The maximum atomic E-state index is 9.46. The minimum atomic E-state index is -0.279. The van der Waals surface area contributed by atoms with Crippen LogP contribution in [0, 0.1) is 17.2 Å². The van der Waals surface area contributed by atoms with Crippen LogP contribution in [0.3, 0.4) is 0 Å². The van der Waals surface area contributed by atoms with Crippen molar-refractivity contribution in [1.82, 2.24) is 10.2 Å². The summed E-state index contributed by atoms with van der Waals surface area (Å²) in [4.78, 5) is 2.59. The van der Waals surface area contributed by atoms with Gasteiger partial charge in [0.2, 0.25) is 0 Å². The normalized spacial score (nSPS) is 40.1. The molecule has 2 aliphatic rings. The summed E-state index contributed by atoms with van der Waals surface area (Å²) in [5.74, 6) is 0.909. The van der Waals surface area contributed by atoms with Crippen LogP contribution in [0.4, 0.5) is 0 Å². The number of rotatable bonds is 3. The predicted molar refractivity (Wildman–Crippen MR) is 78.8 cm³/mol. The largest absolute Gasteiger partial charge is 0.302 e. The van der Waals surface area contributed by atoms with E-state index in [-0.39, 0.29) is 5.54 Å². The van der Waals surface area contributed by atoms with Crippen LogP contribution in [0.5, 0.6) is 0 Å². The first-order valence-electron chi connectivity index (χ1n) is 7.92. The number of nitrogens with one attached hydrogen (secondary N) is 1. The van der Waals surface area contributed by atoms with Crippen LogP contribution < -0.4 is 5.32 Å². The van der Waals surface area contributed by atoms with Gasteiger partial charge < -0.3 is 10.2 Å². The zero-order valence-corrected chi connectivity index (χ0v) is 12.8. The molecule has 0 amide bonds. The van der Waals surface area contributed by atoms with Crippen LogP contribution in [-0.4, -0.2) is 36.6 Å². The lowest BCUT2D eigenvalue weighted by Crippen LogP contribution is -2.53. The Balaban J connectivity index is 1.95. The molecule has 19 heavy (non-hydrogen) atoms. The van der Waals surface area contributed by atoms with Gasteiger partial charge in [-0.2, -0.15) is 5.26 Å². The number of hydrogen-bond donors (Lipinski definition) is 1. The van der Waals surface area contributed by atoms with Gasteiger partial charge in [-0.05, 0) is 71.4 Å². The van der Waals surface area contributed by atoms with Crippen LogP contribution in [-0.2, 0) is 0 Å². The van der Waals surface area contributed by atoms with Gasteiger partial charge in [0.05, 0.1) is 6.07 Å². The molecule has 2 fully saturated rings. The van der Waals surface area contributed by atoms with E-state index in [1.807, 2.05) is 7.05 Å². The molecule has 2 aliphatic carbocycles. The molecule has 0 aromatic carbocycles. The second-order valence-corrected chi connectivity index (χ2v) is 6.77. The molecule has 0 heterocycles. The fourth-order valence-corrected chi connectivity index (χ4v) is 3.93. The number of hydrogen-bond acceptors (Lipinski definition) is 3. The molecule has 0 saturated heterocycles. The van der Waals surface area contributed by atoms with E-state index >= 15 is 0 Å². The lowest BCUT2D eigenvalue weighted by Gasteiger charge is -2.44. The van der Waals surface area contributed by atoms with Crippen molar-refractivity contribution in [1.29, 1.82) is 5.26 Å². The first-order valence-corrected chi connectivity index (χ1v) is 7.92. The lowest BCUT2D eigenvalue weighted by atomic mass is 9.78. The zero-order chi connectivity index (χ0) is 13.9. The van der Waals surface area contributed by atoms with Crippen molar-refractivity contribution in [2.75, 3.05) is 14.1 Å². The highest BCUT2D eigenvalue weighted by molar-refractivity contribution is 5.10. The van der Waals surface area contributed by atoms with Crippen LogP contribution in [0.2, 0.25) is 0 Å². The van der Waals surface area contributed by atoms with Gasteiger partial charge >= 0.3 is 0 Å². The molecule has 0 spiro atoms. The molecule has 2 unspecified atom stereocenters. The van der Waals surface area contributed by atoms with Crippen molar-refractivity contribution in [2.24, 2.45) is 5.92 Å². The van der Waals surface area contributed by atoms with Crippen molar-refractivity contribution in [3.63, 3.8) is 0 Å². The summed E-state index contributed by atoms with van der Waals surface area (Å²) in [5.41, 5.74) is -0.279. The first kappa shape index (κ1) is 14.8. The van der Waals surface area contributed by atoms with Gasteiger partial charge in [0.15, 0.2) is 0 Å². The maximum absolute atomic E-state index is 9.46. The fraction of sp³-hybridized carbons (Fsp3) is 0.938. The summed E-state index contributed by atoms with van der Waals surface area (Å²) in [7, 11) is 4.22. The maximum Gasteiger partial charge on any atom is 0.108 e. The number of nitrogens with zero attached hydrogens (tertiary/aromatic N) is 2. The Morgan fingerprint density at radius 3 is 2.42 bits per heavy atom. The van der Waals surface area contributed by atoms with E-state index < -0.39 is 0 Å². The summed E-state index contributed by atoms with van der Waals surface area (Å²) in [6.45, 7) is 2.37. The van der Waals surface area contributed by atoms with Gasteiger partial charge in [-0.25, -0.2) is 0 Å². The minimum absolute atomic E-state index is 0.279. The van der Waals surface area contributed by atoms with Gasteiger partial charge in [0.25, 0.3) is 0 Å². The Bertz CT molecular complexity index is 327. The quantitative estimate of drug-likeness (QED) is 0.851. The van der Waals surface area contributed by atoms with Gasteiger partial charge in [0, 0.05) is 12.1 Å². The standard InChI is InChI=1S/C16H29N3/c1-13-6-8-14(9-7-13)19(3)15-5-4-10-16(11-15,12-17)18-2/h13-15,18H,4-11H2,1-3H3. The van der Waals surface area contributed by atoms with Crippen LogP contribution in [0.25, 0.3) is 0 Å². The second-order valence-electron chi connectivity index (χ2n) is 6.77. The Hall–Kier alpha value is -0.590. The lowest BCUT2D eigenvalue weighted by molar-refractivity contribution is 0.0804. The van der Waals surface area contributed by atoms with Crippen LogP contribution in [0.15, 0.2) is 0 Å². The average molecular weight is 263 g/mol. The highest BCUT2D eigenvalue weighted by atomic mass is 15.2. The topological polar surface area (TPSA) is 39.1 Å². The molecule has 0 aromatic rings. The van der Waals surface area contributed by atoms with E-state index in [0.29, 0.717) is 6.04 Å². The molecule has 3 heteroatoms. The molecule has 0 radical (unpaired) electrons. The van der Waals surface area contributed by atoms with Gasteiger partial charge in [-0.1, -0.05) is 6.92 Å². The van der Waals surface area contributed by atoms with Crippen LogP contribution >= 0.6 is 0 Å². The molecule has 0 bridgehead atoms. The van der Waals surface area contributed by atoms with E-state index in [2.05, 4.69) is 30.3 Å². The summed E-state index contributed by atoms with van der Waals surface area (Å²) < 4.78 is 0. The van der Waals surface area contributed by atoms with Crippen LogP contribution in [0.1, 0.15) is 58.3 Å².